The number of thiocarbonyl (C=S) groups is 1. The van der Waals surface area contributed by atoms with Crippen molar-refractivity contribution >= 4 is 17.3 Å². The van der Waals surface area contributed by atoms with Crippen molar-refractivity contribution in [3.05, 3.63) is 83.4 Å². The van der Waals surface area contributed by atoms with Crippen LogP contribution >= 0.6 is 12.2 Å². The van der Waals surface area contributed by atoms with Gasteiger partial charge >= 0.3 is 0 Å². The lowest BCUT2D eigenvalue weighted by atomic mass is 10.0. The molecule has 0 aliphatic heterocycles. The van der Waals surface area contributed by atoms with E-state index in [1.165, 1.54) is 16.7 Å². The minimum Gasteiger partial charge on any atom is -0.359 e. The van der Waals surface area contributed by atoms with Crippen LogP contribution in [0.5, 0.6) is 0 Å². The van der Waals surface area contributed by atoms with E-state index in [1.54, 1.807) is 0 Å². The summed E-state index contributed by atoms with van der Waals surface area (Å²) in [4.78, 5) is 2.21. The van der Waals surface area contributed by atoms with Crippen molar-refractivity contribution in [3.63, 3.8) is 0 Å². The third kappa shape index (κ3) is 6.35. The van der Waals surface area contributed by atoms with Gasteiger partial charge in [0, 0.05) is 19.6 Å². The summed E-state index contributed by atoms with van der Waals surface area (Å²) in [7, 11) is 0. The molecule has 0 aliphatic carbocycles. The van der Waals surface area contributed by atoms with Gasteiger partial charge in [-0.2, -0.15) is 0 Å². The molecule has 25 heavy (non-hydrogen) atoms. The van der Waals surface area contributed by atoms with E-state index in [0.717, 1.165) is 23.8 Å². The number of benzene rings is 2. The average molecular weight is 353 g/mol. The van der Waals surface area contributed by atoms with Gasteiger partial charge in [-0.25, -0.2) is 0 Å². The summed E-state index contributed by atoms with van der Waals surface area (Å²) >= 11 is 5.63. The predicted molar refractivity (Wildman–Crippen MR) is 112 cm³/mol. The van der Waals surface area contributed by atoms with Gasteiger partial charge in [-0.05, 0) is 41.7 Å². The fourth-order valence-electron chi connectivity index (χ4n) is 2.57. The molecule has 0 saturated carbocycles. The van der Waals surface area contributed by atoms with E-state index in [1.807, 2.05) is 13.0 Å². The fraction of sp³-hybridized carbons (Fsp3) is 0.318. The second kappa shape index (κ2) is 9.38. The average Bonchev–Trinajstić information content (AvgIpc) is 2.60. The SMILES string of the molecule is C=C(C)CNC(=S)N(Cc1ccccc1)Cc1ccc(C(C)C)cc1. The molecule has 2 aromatic carbocycles. The van der Waals surface area contributed by atoms with E-state index < -0.39 is 0 Å². The normalized spacial score (nSPS) is 10.6. The van der Waals surface area contributed by atoms with Crippen molar-refractivity contribution in [2.24, 2.45) is 0 Å². The van der Waals surface area contributed by atoms with Crippen LogP contribution in [-0.2, 0) is 13.1 Å². The van der Waals surface area contributed by atoms with Crippen LogP contribution in [0, 0.1) is 0 Å². The molecule has 2 nitrogen and oxygen atoms in total. The highest BCUT2D eigenvalue weighted by molar-refractivity contribution is 7.80. The summed E-state index contributed by atoms with van der Waals surface area (Å²) in [5.41, 5.74) is 4.95. The third-order valence-corrected chi connectivity index (χ3v) is 4.47. The van der Waals surface area contributed by atoms with Gasteiger partial charge in [0.15, 0.2) is 5.11 Å². The molecule has 0 saturated heterocycles. The third-order valence-electron chi connectivity index (χ3n) is 4.06. The van der Waals surface area contributed by atoms with Crippen LogP contribution in [0.1, 0.15) is 43.4 Å². The Morgan fingerprint density at radius 2 is 1.56 bits per heavy atom. The van der Waals surface area contributed by atoms with Gasteiger partial charge in [0.25, 0.3) is 0 Å². The van der Waals surface area contributed by atoms with E-state index in [2.05, 4.69) is 79.2 Å². The van der Waals surface area contributed by atoms with Crippen molar-refractivity contribution in [1.82, 2.24) is 10.2 Å². The van der Waals surface area contributed by atoms with Gasteiger partial charge in [-0.1, -0.05) is 80.6 Å². The summed E-state index contributed by atoms with van der Waals surface area (Å²) in [6.07, 6.45) is 0. The molecule has 2 rings (SSSR count). The summed E-state index contributed by atoms with van der Waals surface area (Å²) in [6.45, 7) is 12.7. The first-order valence-corrected chi connectivity index (χ1v) is 9.16. The van der Waals surface area contributed by atoms with Gasteiger partial charge < -0.3 is 10.2 Å². The van der Waals surface area contributed by atoms with Gasteiger partial charge in [-0.15, -0.1) is 0 Å². The molecule has 0 atom stereocenters. The molecule has 0 amide bonds. The Labute approximate surface area is 157 Å². The van der Waals surface area contributed by atoms with E-state index >= 15 is 0 Å². The molecule has 2 aromatic rings. The molecular formula is C22H28N2S. The lowest BCUT2D eigenvalue weighted by Crippen LogP contribution is -2.39. The summed E-state index contributed by atoms with van der Waals surface area (Å²) in [5, 5.41) is 4.07. The highest BCUT2D eigenvalue weighted by Crippen LogP contribution is 2.17. The Morgan fingerprint density at radius 3 is 2.08 bits per heavy atom. The predicted octanol–water partition coefficient (Wildman–Crippen LogP) is 5.26. The molecule has 0 heterocycles. The van der Waals surface area contributed by atoms with E-state index in [9.17, 15) is 0 Å². The van der Waals surface area contributed by atoms with Crippen molar-refractivity contribution in [2.75, 3.05) is 6.54 Å². The Morgan fingerprint density at radius 1 is 1.00 bits per heavy atom. The topological polar surface area (TPSA) is 15.3 Å². The molecule has 132 valence electrons. The molecule has 3 heteroatoms. The van der Waals surface area contributed by atoms with Crippen molar-refractivity contribution in [3.8, 4) is 0 Å². The van der Waals surface area contributed by atoms with E-state index in [0.29, 0.717) is 12.5 Å². The summed E-state index contributed by atoms with van der Waals surface area (Å²) in [5.74, 6) is 0.549. The summed E-state index contributed by atoms with van der Waals surface area (Å²) < 4.78 is 0. The van der Waals surface area contributed by atoms with Crippen molar-refractivity contribution in [2.45, 2.75) is 39.8 Å². The van der Waals surface area contributed by atoms with Crippen molar-refractivity contribution in [1.29, 1.82) is 0 Å². The minimum atomic E-state index is 0.549. The minimum absolute atomic E-state index is 0.549. The van der Waals surface area contributed by atoms with Crippen LogP contribution in [-0.4, -0.2) is 16.6 Å². The number of hydrogen-bond donors (Lipinski definition) is 1. The Bertz CT molecular complexity index is 690. The second-order valence-corrected chi connectivity index (χ2v) is 7.24. The Balaban J connectivity index is 2.12. The van der Waals surface area contributed by atoms with Crippen LogP contribution in [0.2, 0.25) is 0 Å². The standard InChI is InChI=1S/C22H28N2S/c1-17(2)14-23-22(25)24(15-19-8-6-5-7-9-19)16-20-10-12-21(13-11-20)18(3)4/h5-13,18H,1,14-16H2,2-4H3,(H,23,25). The molecule has 0 aromatic heterocycles. The molecule has 0 bridgehead atoms. The number of nitrogens with one attached hydrogen (secondary N) is 1. The maximum Gasteiger partial charge on any atom is 0.169 e. The second-order valence-electron chi connectivity index (χ2n) is 6.85. The van der Waals surface area contributed by atoms with Gasteiger partial charge in [-0.3, -0.25) is 0 Å². The maximum atomic E-state index is 5.63. The molecule has 0 spiro atoms. The van der Waals surface area contributed by atoms with Gasteiger partial charge in [0.2, 0.25) is 0 Å². The Kier molecular flexibility index (Phi) is 7.20. The highest BCUT2D eigenvalue weighted by atomic mass is 32.1. The largest absolute Gasteiger partial charge is 0.359 e. The molecular weight excluding hydrogens is 324 g/mol. The monoisotopic (exact) mass is 352 g/mol. The zero-order valence-corrected chi connectivity index (χ0v) is 16.3. The smallest absolute Gasteiger partial charge is 0.169 e. The molecule has 0 fully saturated rings. The molecule has 0 aliphatic rings. The lowest BCUT2D eigenvalue weighted by molar-refractivity contribution is 0.400. The first-order valence-electron chi connectivity index (χ1n) is 8.75. The zero-order valence-electron chi connectivity index (χ0n) is 15.5. The quantitative estimate of drug-likeness (QED) is 0.540. The maximum absolute atomic E-state index is 5.63. The van der Waals surface area contributed by atoms with Crippen LogP contribution in [0.3, 0.4) is 0 Å². The molecule has 1 N–H and O–H groups in total. The number of hydrogen-bond acceptors (Lipinski definition) is 1. The zero-order chi connectivity index (χ0) is 18.2. The molecule has 0 unspecified atom stereocenters. The summed E-state index contributed by atoms with van der Waals surface area (Å²) in [6, 6.07) is 19.3. The van der Waals surface area contributed by atoms with Crippen LogP contribution in [0.4, 0.5) is 0 Å². The van der Waals surface area contributed by atoms with Crippen LogP contribution in [0.25, 0.3) is 0 Å². The fourth-order valence-corrected chi connectivity index (χ4v) is 2.77. The van der Waals surface area contributed by atoms with E-state index in [4.69, 9.17) is 12.2 Å². The van der Waals surface area contributed by atoms with Gasteiger partial charge in [0.05, 0.1) is 0 Å². The Hall–Kier alpha value is -2.13. The molecule has 0 radical (unpaired) electrons. The highest BCUT2D eigenvalue weighted by Gasteiger charge is 2.11. The first-order chi connectivity index (χ1) is 12.0. The van der Waals surface area contributed by atoms with Crippen LogP contribution < -0.4 is 5.32 Å². The van der Waals surface area contributed by atoms with E-state index in [-0.39, 0.29) is 0 Å². The van der Waals surface area contributed by atoms with Crippen molar-refractivity contribution < 1.29 is 0 Å². The van der Waals surface area contributed by atoms with Crippen LogP contribution in [0.15, 0.2) is 66.7 Å². The number of rotatable bonds is 7. The first kappa shape index (κ1) is 19.2. The lowest BCUT2D eigenvalue weighted by Gasteiger charge is -2.26. The number of nitrogens with zero attached hydrogens (tertiary/aromatic N) is 1. The van der Waals surface area contributed by atoms with Gasteiger partial charge in [0.1, 0.15) is 0 Å².